The number of imide groups is 1. The maximum Gasteiger partial charge on any atom is 0.278 e. The smallest absolute Gasteiger partial charge is 0.278 e. The molecule has 0 radical (unpaired) electrons. The summed E-state index contributed by atoms with van der Waals surface area (Å²) in [6, 6.07) is 14.8. The summed E-state index contributed by atoms with van der Waals surface area (Å²) in [5.41, 5.74) is 2.62. The quantitative estimate of drug-likeness (QED) is 0.644. The molecule has 6 heteroatoms. The van der Waals surface area contributed by atoms with E-state index >= 15 is 0 Å². The molecule has 6 nitrogen and oxygen atoms in total. The average molecular weight is 435 g/mol. The van der Waals surface area contributed by atoms with E-state index in [0.29, 0.717) is 28.9 Å². The van der Waals surface area contributed by atoms with Gasteiger partial charge in [0.05, 0.1) is 26.3 Å². The summed E-state index contributed by atoms with van der Waals surface area (Å²) in [6.45, 7) is 6.17. The van der Waals surface area contributed by atoms with E-state index < -0.39 is 0 Å². The standard InChI is InChI=1S/C26H30N2O4/c1-17-13-18(2)15-27(14-17)24-23(20-7-11-22(32-4)12-8-20)25(29)28(26(24)30)16-19-5-9-21(31-3)10-6-19/h5-12,17-18H,13-16H2,1-4H3. The molecule has 1 saturated heterocycles. The van der Waals surface area contributed by atoms with Crippen LogP contribution in [0.15, 0.2) is 54.2 Å². The van der Waals surface area contributed by atoms with Gasteiger partial charge in [-0.1, -0.05) is 38.1 Å². The first-order valence-corrected chi connectivity index (χ1v) is 11.0. The predicted molar refractivity (Wildman–Crippen MR) is 123 cm³/mol. The van der Waals surface area contributed by atoms with Gasteiger partial charge in [0.25, 0.3) is 11.8 Å². The van der Waals surface area contributed by atoms with Crippen LogP contribution in [0.1, 0.15) is 31.4 Å². The van der Waals surface area contributed by atoms with Crippen molar-refractivity contribution in [3.05, 3.63) is 65.4 Å². The summed E-state index contributed by atoms with van der Waals surface area (Å²) >= 11 is 0. The van der Waals surface area contributed by atoms with Crippen LogP contribution in [0.5, 0.6) is 11.5 Å². The number of amides is 2. The highest BCUT2D eigenvalue weighted by Gasteiger charge is 2.42. The van der Waals surface area contributed by atoms with E-state index in [2.05, 4.69) is 18.7 Å². The van der Waals surface area contributed by atoms with Crippen LogP contribution in [0, 0.1) is 11.8 Å². The summed E-state index contributed by atoms with van der Waals surface area (Å²) in [5.74, 6) is 1.89. The van der Waals surface area contributed by atoms with Gasteiger partial charge in [-0.05, 0) is 53.6 Å². The molecular weight excluding hydrogens is 404 g/mol. The van der Waals surface area contributed by atoms with Crippen molar-refractivity contribution in [2.75, 3.05) is 27.3 Å². The maximum atomic E-state index is 13.6. The van der Waals surface area contributed by atoms with Crippen molar-refractivity contribution >= 4 is 17.4 Å². The third-order valence-electron chi connectivity index (χ3n) is 6.21. The maximum absolute atomic E-state index is 13.6. The molecule has 0 N–H and O–H groups in total. The topological polar surface area (TPSA) is 59.1 Å². The number of nitrogens with zero attached hydrogens (tertiary/aromatic N) is 2. The van der Waals surface area contributed by atoms with Crippen molar-refractivity contribution in [3.8, 4) is 11.5 Å². The molecule has 2 aromatic rings. The normalized spacial score (nSPS) is 21.4. The SMILES string of the molecule is COc1ccc(CN2C(=O)C(c3ccc(OC)cc3)=C(N3CC(C)CC(C)C3)C2=O)cc1. The fraction of sp³-hybridized carbons (Fsp3) is 0.385. The van der Waals surface area contributed by atoms with E-state index in [-0.39, 0.29) is 18.4 Å². The minimum absolute atomic E-state index is 0.224. The van der Waals surface area contributed by atoms with E-state index in [1.54, 1.807) is 14.2 Å². The molecule has 32 heavy (non-hydrogen) atoms. The van der Waals surface area contributed by atoms with Gasteiger partial charge in [0.1, 0.15) is 17.2 Å². The summed E-state index contributed by atoms with van der Waals surface area (Å²) in [4.78, 5) is 30.7. The molecule has 0 saturated carbocycles. The zero-order valence-electron chi connectivity index (χ0n) is 19.1. The predicted octanol–water partition coefficient (Wildman–Crippen LogP) is 3.96. The largest absolute Gasteiger partial charge is 0.497 e. The Labute approximate surface area is 189 Å². The molecule has 168 valence electrons. The first-order valence-electron chi connectivity index (χ1n) is 11.0. The number of benzene rings is 2. The molecule has 0 spiro atoms. The summed E-state index contributed by atoms with van der Waals surface area (Å²) in [7, 11) is 3.22. The number of likely N-dealkylation sites (tertiary alicyclic amines) is 1. The molecule has 2 atom stereocenters. The summed E-state index contributed by atoms with van der Waals surface area (Å²) in [5, 5.41) is 0. The van der Waals surface area contributed by atoms with Gasteiger partial charge in [-0.15, -0.1) is 0 Å². The van der Waals surface area contributed by atoms with Gasteiger partial charge in [0.15, 0.2) is 0 Å². The van der Waals surface area contributed by atoms with E-state index in [1.165, 1.54) is 4.90 Å². The molecule has 2 heterocycles. The van der Waals surface area contributed by atoms with Gasteiger partial charge >= 0.3 is 0 Å². The average Bonchev–Trinajstić information content (AvgIpc) is 3.03. The van der Waals surface area contributed by atoms with E-state index in [4.69, 9.17) is 9.47 Å². The highest BCUT2D eigenvalue weighted by atomic mass is 16.5. The van der Waals surface area contributed by atoms with E-state index in [0.717, 1.165) is 36.4 Å². The van der Waals surface area contributed by atoms with Gasteiger partial charge in [-0.3, -0.25) is 14.5 Å². The number of carbonyl (C=O) groups is 2. The molecule has 0 aliphatic carbocycles. The Balaban J connectivity index is 1.71. The Kier molecular flexibility index (Phi) is 6.21. The first kappa shape index (κ1) is 21.9. The zero-order chi connectivity index (χ0) is 22.8. The molecule has 4 rings (SSSR count). The molecule has 2 aliphatic rings. The van der Waals surface area contributed by atoms with Gasteiger partial charge in [0, 0.05) is 13.1 Å². The number of hydrogen-bond acceptors (Lipinski definition) is 5. The third kappa shape index (κ3) is 4.22. The van der Waals surface area contributed by atoms with Gasteiger partial charge in [0.2, 0.25) is 0 Å². The monoisotopic (exact) mass is 434 g/mol. The van der Waals surface area contributed by atoms with Crippen molar-refractivity contribution in [2.45, 2.75) is 26.8 Å². The van der Waals surface area contributed by atoms with Crippen LogP contribution in [0.25, 0.3) is 5.57 Å². The minimum atomic E-state index is -0.253. The van der Waals surface area contributed by atoms with E-state index in [9.17, 15) is 9.59 Å². The fourth-order valence-electron chi connectivity index (χ4n) is 4.78. The fourth-order valence-corrected chi connectivity index (χ4v) is 4.78. The second-order valence-corrected chi connectivity index (χ2v) is 8.85. The van der Waals surface area contributed by atoms with Crippen LogP contribution in [-0.4, -0.2) is 48.9 Å². The van der Waals surface area contributed by atoms with Crippen LogP contribution in [-0.2, 0) is 16.1 Å². The Bertz CT molecular complexity index is 1020. The molecule has 0 bridgehead atoms. The van der Waals surface area contributed by atoms with Crippen molar-refractivity contribution in [1.29, 1.82) is 0 Å². The van der Waals surface area contributed by atoms with E-state index in [1.807, 2.05) is 48.5 Å². The second-order valence-electron chi connectivity index (χ2n) is 8.85. The lowest BCUT2D eigenvalue weighted by Crippen LogP contribution is -2.41. The van der Waals surface area contributed by atoms with Gasteiger partial charge in [-0.2, -0.15) is 0 Å². The highest BCUT2D eigenvalue weighted by Crippen LogP contribution is 2.36. The van der Waals surface area contributed by atoms with Crippen LogP contribution in [0.3, 0.4) is 0 Å². The lowest BCUT2D eigenvalue weighted by Gasteiger charge is -2.37. The Morgan fingerprint density at radius 2 is 1.34 bits per heavy atom. The number of carbonyl (C=O) groups excluding carboxylic acids is 2. The summed E-state index contributed by atoms with van der Waals surface area (Å²) < 4.78 is 10.5. The van der Waals surface area contributed by atoms with Crippen LogP contribution < -0.4 is 9.47 Å². The molecule has 2 aliphatic heterocycles. The Morgan fingerprint density at radius 3 is 1.88 bits per heavy atom. The second kappa shape index (κ2) is 9.07. The van der Waals surface area contributed by atoms with Crippen LogP contribution in [0.2, 0.25) is 0 Å². The van der Waals surface area contributed by atoms with Crippen molar-refractivity contribution in [3.63, 3.8) is 0 Å². The minimum Gasteiger partial charge on any atom is -0.497 e. The third-order valence-corrected chi connectivity index (χ3v) is 6.21. The van der Waals surface area contributed by atoms with Crippen molar-refractivity contribution in [1.82, 2.24) is 9.80 Å². The number of ether oxygens (including phenoxy) is 2. The molecular formula is C26H30N2O4. The summed E-state index contributed by atoms with van der Waals surface area (Å²) in [6.07, 6.45) is 1.12. The number of methoxy groups -OCH3 is 2. The van der Waals surface area contributed by atoms with Gasteiger partial charge < -0.3 is 14.4 Å². The Hall–Kier alpha value is -3.28. The molecule has 2 unspecified atom stereocenters. The van der Waals surface area contributed by atoms with Gasteiger partial charge in [-0.25, -0.2) is 0 Å². The lowest BCUT2D eigenvalue weighted by molar-refractivity contribution is -0.138. The van der Waals surface area contributed by atoms with Crippen molar-refractivity contribution < 1.29 is 19.1 Å². The zero-order valence-corrected chi connectivity index (χ0v) is 19.1. The Morgan fingerprint density at radius 1 is 0.812 bits per heavy atom. The number of rotatable bonds is 6. The first-order chi connectivity index (χ1) is 15.4. The van der Waals surface area contributed by atoms with Crippen LogP contribution in [0.4, 0.5) is 0 Å². The molecule has 1 fully saturated rings. The molecule has 2 aromatic carbocycles. The molecule has 0 aromatic heterocycles. The molecule has 2 amide bonds. The van der Waals surface area contributed by atoms with Crippen molar-refractivity contribution in [2.24, 2.45) is 11.8 Å². The number of hydrogen-bond donors (Lipinski definition) is 0. The number of piperidine rings is 1. The van der Waals surface area contributed by atoms with Crippen LogP contribution >= 0.6 is 0 Å². The lowest BCUT2D eigenvalue weighted by atomic mass is 9.91. The highest BCUT2D eigenvalue weighted by molar-refractivity contribution is 6.35.